The van der Waals surface area contributed by atoms with E-state index in [0.29, 0.717) is 18.0 Å². The molecule has 6 nitrogen and oxygen atoms in total. The summed E-state index contributed by atoms with van der Waals surface area (Å²) in [6.07, 6.45) is 0.838. The Hall–Kier alpha value is -3.02. The first kappa shape index (κ1) is 16.8. The number of hydrogen-bond acceptors (Lipinski definition) is 3. The van der Waals surface area contributed by atoms with Gasteiger partial charge in [0.15, 0.2) is 0 Å². The molecule has 1 atom stereocenters. The summed E-state index contributed by atoms with van der Waals surface area (Å²) in [5.74, 6) is 0.529. The molecule has 0 fully saturated rings. The molecule has 0 saturated carbocycles. The number of amides is 3. The van der Waals surface area contributed by atoms with E-state index in [1.165, 1.54) is 0 Å². The Labute approximate surface area is 146 Å². The summed E-state index contributed by atoms with van der Waals surface area (Å²) in [4.78, 5) is 26.5. The van der Waals surface area contributed by atoms with Gasteiger partial charge in [-0.2, -0.15) is 0 Å². The molecule has 2 aromatic carbocycles. The third-order valence-electron chi connectivity index (χ3n) is 4.20. The summed E-state index contributed by atoms with van der Waals surface area (Å²) >= 11 is 0. The number of nitrogens with one attached hydrogen (secondary N) is 2. The summed E-state index contributed by atoms with van der Waals surface area (Å²) in [6.45, 7) is 2.33. The quantitative estimate of drug-likeness (QED) is 0.900. The molecule has 130 valence electrons. The van der Waals surface area contributed by atoms with Gasteiger partial charge in [0.1, 0.15) is 11.8 Å². The summed E-state index contributed by atoms with van der Waals surface area (Å²) in [7, 11) is 1.56. The lowest BCUT2D eigenvalue weighted by atomic mass is 10.2. The van der Waals surface area contributed by atoms with E-state index in [-0.39, 0.29) is 5.91 Å². The van der Waals surface area contributed by atoms with E-state index in [4.69, 9.17) is 4.74 Å². The number of hydrogen-bond donors (Lipinski definition) is 2. The van der Waals surface area contributed by atoms with Crippen LogP contribution in [0.5, 0.6) is 5.75 Å². The molecule has 6 heteroatoms. The van der Waals surface area contributed by atoms with E-state index in [1.54, 1.807) is 43.2 Å². The number of methoxy groups -OCH3 is 1. The van der Waals surface area contributed by atoms with Crippen LogP contribution < -0.4 is 20.3 Å². The molecule has 3 rings (SSSR count). The van der Waals surface area contributed by atoms with Gasteiger partial charge in [-0.15, -0.1) is 0 Å². The van der Waals surface area contributed by atoms with Crippen molar-refractivity contribution in [1.82, 2.24) is 5.32 Å². The zero-order valence-corrected chi connectivity index (χ0v) is 14.3. The van der Waals surface area contributed by atoms with Crippen LogP contribution in [-0.2, 0) is 11.2 Å². The van der Waals surface area contributed by atoms with Crippen LogP contribution in [0.1, 0.15) is 12.5 Å². The lowest BCUT2D eigenvalue weighted by Gasteiger charge is -2.22. The van der Waals surface area contributed by atoms with E-state index >= 15 is 0 Å². The number of rotatable bonds is 4. The van der Waals surface area contributed by atoms with Crippen molar-refractivity contribution >= 4 is 23.3 Å². The van der Waals surface area contributed by atoms with Crippen LogP contribution in [0.2, 0.25) is 0 Å². The van der Waals surface area contributed by atoms with Crippen molar-refractivity contribution in [2.75, 3.05) is 23.9 Å². The van der Waals surface area contributed by atoms with Gasteiger partial charge in [0.05, 0.1) is 7.11 Å². The number of urea groups is 1. The van der Waals surface area contributed by atoms with Gasteiger partial charge in [-0.1, -0.05) is 24.3 Å². The monoisotopic (exact) mass is 339 g/mol. The fourth-order valence-corrected chi connectivity index (χ4v) is 2.93. The van der Waals surface area contributed by atoms with Gasteiger partial charge in [-0.05, 0) is 37.1 Å². The van der Waals surface area contributed by atoms with Crippen LogP contribution in [0.3, 0.4) is 0 Å². The van der Waals surface area contributed by atoms with Crippen molar-refractivity contribution in [2.45, 2.75) is 19.4 Å². The molecule has 0 saturated heterocycles. The minimum Gasteiger partial charge on any atom is -0.497 e. The van der Waals surface area contributed by atoms with Crippen molar-refractivity contribution in [3.05, 3.63) is 54.1 Å². The molecule has 2 aromatic rings. The molecule has 1 heterocycles. The third kappa shape index (κ3) is 3.74. The van der Waals surface area contributed by atoms with E-state index in [9.17, 15) is 9.59 Å². The number of ether oxygens (including phenoxy) is 1. The molecule has 1 aliphatic heterocycles. The standard InChI is InChI=1S/C19H21N3O3/c1-13(18(23)22-11-10-14-6-3-4-9-17(14)22)20-19(24)21-15-7-5-8-16(12-15)25-2/h3-9,12-13H,10-11H2,1-2H3,(H2,20,21,24). The lowest BCUT2D eigenvalue weighted by molar-refractivity contribution is -0.119. The van der Waals surface area contributed by atoms with Crippen LogP contribution in [0.15, 0.2) is 48.5 Å². The molecular formula is C19H21N3O3. The molecule has 2 N–H and O–H groups in total. The normalized spacial score (nSPS) is 13.8. The van der Waals surface area contributed by atoms with Crippen LogP contribution in [-0.4, -0.2) is 31.6 Å². The highest BCUT2D eigenvalue weighted by molar-refractivity contribution is 6.01. The van der Waals surface area contributed by atoms with Gasteiger partial charge in [-0.3, -0.25) is 4.79 Å². The average Bonchev–Trinajstić information content (AvgIpc) is 3.05. The van der Waals surface area contributed by atoms with Gasteiger partial charge >= 0.3 is 6.03 Å². The number of carbonyl (C=O) groups is 2. The predicted molar refractivity (Wildman–Crippen MR) is 97.1 cm³/mol. The second kappa shape index (κ2) is 7.25. The lowest BCUT2D eigenvalue weighted by Crippen LogP contribution is -2.47. The highest BCUT2D eigenvalue weighted by Gasteiger charge is 2.28. The number of para-hydroxylation sites is 1. The van der Waals surface area contributed by atoms with E-state index in [1.807, 2.05) is 24.3 Å². The van der Waals surface area contributed by atoms with E-state index in [0.717, 1.165) is 17.7 Å². The Kier molecular flexibility index (Phi) is 4.88. The van der Waals surface area contributed by atoms with Gasteiger partial charge in [0.2, 0.25) is 5.91 Å². The van der Waals surface area contributed by atoms with Crippen molar-refractivity contribution in [2.24, 2.45) is 0 Å². The number of nitrogens with zero attached hydrogens (tertiary/aromatic N) is 1. The molecule has 0 aliphatic carbocycles. The molecule has 0 radical (unpaired) electrons. The van der Waals surface area contributed by atoms with Gasteiger partial charge in [-0.25, -0.2) is 4.79 Å². The number of carbonyl (C=O) groups excluding carboxylic acids is 2. The highest BCUT2D eigenvalue weighted by atomic mass is 16.5. The maximum absolute atomic E-state index is 12.7. The largest absolute Gasteiger partial charge is 0.497 e. The predicted octanol–water partition coefficient (Wildman–Crippen LogP) is 2.79. The molecular weight excluding hydrogens is 318 g/mol. The topological polar surface area (TPSA) is 70.7 Å². The van der Waals surface area contributed by atoms with Crippen molar-refractivity contribution in [3.8, 4) is 5.75 Å². The zero-order valence-electron chi connectivity index (χ0n) is 14.3. The summed E-state index contributed by atoms with van der Waals surface area (Å²) in [6, 6.07) is 13.8. The Morgan fingerprint density at radius 3 is 2.76 bits per heavy atom. The maximum Gasteiger partial charge on any atom is 0.319 e. The maximum atomic E-state index is 12.7. The third-order valence-corrected chi connectivity index (χ3v) is 4.20. The smallest absolute Gasteiger partial charge is 0.319 e. The summed E-state index contributed by atoms with van der Waals surface area (Å²) in [5, 5.41) is 5.40. The molecule has 25 heavy (non-hydrogen) atoms. The van der Waals surface area contributed by atoms with Gasteiger partial charge in [0.25, 0.3) is 0 Å². The van der Waals surface area contributed by atoms with Crippen LogP contribution in [0.4, 0.5) is 16.2 Å². The first-order valence-corrected chi connectivity index (χ1v) is 8.19. The number of anilines is 2. The number of benzene rings is 2. The first-order valence-electron chi connectivity index (χ1n) is 8.19. The van der Waals surface area contributed by atoms with Crippen molar-refractivity contribution < 1.29 is 14.3 Å². The Morgan fingerprint density at radius 1 is 1.16 bits per heavy atom. The van der Waals surface area contributed by atoms with Gasteiger partial charge < -0.3 is 20.3 Å². The second-order valence-corrected chi connectivity index (χ2v) is 5.92. The van der Waals surface area contributed by atoms with E-state index in [2.05, 4.69) is 10.6 Å². The zero-order chi connectivity index (χ0) is 17.8. The molecule has 0 spiro atoms. The Balaban J connectivity index is 1.61. The fraction of sp³-hybridized carbons (Fsp3) is 0.263. The molecule has 1 aliphatic rings. The van der Waals surface area contributed by atoms with Crippen LogP contribution in [0, 0.1) is 0 Å². The minimum absolute atomic E-state index is 0.120. The molecule has 0 bridgehead atoms. The second-order valence-electron chi connectivity index (χ2n) is 5.92. The van der Waals surface area contributed by atoms with Crippen molar-refractivity contribution in [3.63, 3.8) is 0 Å². The Morgan fingerprint density at radius 2 is 1.96 bits per heavy atom. The van der Waals surface area contributed by atoms with Crippen LogP contribution in [0.25, 0.3) is 0 Å². The summed E-state index contributed by atoms with van der Waals surface area (Å²) in [5.41, 5.74) is 2.68. The molecule has 1 unspecified atom stereocenters. The first-order chi connectivity index (χ1) is 12.1. The fourth-order valence-electron chi connectivity index (χ4n) is 2.93. The molecule has 0 aromatic heterocycles. The minimum atomic E-state index is -0.628. The van der Waals surface area contributed by atoms with E-state index < -0.39 is 12.1 Å². The summed E-state index contributed by atoms with van der Waals surface area (Å²) < 4.78 is 5.12. The highest BCUT2D eigenvalue weighted by Crippen LogP contribution is 2.27. The van der Waals surface area contributed by atoms with Gasteiger partial charge in [0, 0.05) is 24.0 Å². The Bertz CT molecular complexity index is 791. The number of fused-ring (bicyclic) bond motifs is 1. The molecule has 3 amide bonds. The SMILES string of the molecule is COc1cccc(NC(=O)NC(C)C(=O)N2CCc3ccccc32)c1. The van der Waals surface area contributed by atoms with Crippen molar-refractivity contribution in [1.29, 1.82) is 0 Å². The average molecular weight is 339 g/mol. The van der Waals surface area contributed by atoms with Crippen LogP contribution >= 0.6 is 0 Å².